The number of carbonyl (C=O) groups excluding carboxylic acids is 1. The molecule has 0 aliphatic rings. The Morgan fingerprint density at radius 2 is 1.86 bits per heavy atom. The molecule has 0 heterocycles. The summed E-state index contributed by atoms with van der Waals surface area (Å²) < 4.78 is 31.3. The Hall–Kier alpha value is -3.03. The smallest absolute Gasteiger partial charge is 0.410 e. The summed E-state index contributed by atoms with van der Waals surface area (Å²) in [6.07, 6.45) is -1.13. The van der Waals surface area contributed by atoms with E-state index < -0.39 is 34.0 Å². The van der Waals surface area contributed by atoms with Crippen LogP contribution in [0, 0.1) is 21.7 Å². The van der Waals surface area contributed by atoms with Crippen molar-refractivity contribution in [2.24, 2.45) is 0 Å². The van der Waals surface area contributed by atoms with Gasteiger partial charge in [0.05, 0.1) is 11.0 Å². The van der Waals surface area contributed by atoms with Crippen molar-refractivity contribution in [2.75, 3.05) is 5.32 Å². The van der Waals surface area contributed by atoms with E-state index in [2.05, 4.69) is 0 Å². The van der Waals surface area contributed by atoms with Crippen molar-refractivity contribution in [1.29, 1.82) is 0 Å². The van der Waals surface area contributed by atoms with E-state index in [1.54, 1.807) is 18.2 Å². The summed E-state index contributed by atoms with van der Waals surface area (Å²) in [4.78, 5) is 21.3. The van der Waals surface area contributed by atoms with Gasteiger partial charge in [0.25, 0.3) is 5.69 Å². The minimum absolute atomic E-state index is 0.167. The number of anilines is 1. The highest BCUT2D eigenvalue weighted by atomic mass is 19.1. The molecule has 1 N–H and O–H groups in total. The fourth-order valence-electron chi connectivity index (χ4n) is 1.55. The second kappa shape index (κ2) is 5.95. The van der Waals surface area contributed by atoms with Gasteiger partial charge in [-0.25, -0.2) is 13.6 Å². The van der Waals surface area contributed by atoms with Gasteiger partial charge >= 0.3 is 6.09 Å². The molecular formula is C13H8F2N2O4. The summed E-state index contributed by atoms with van der Waals surface area (Å²) in [5, 5.41) is 12.6. The van der Waals surface area contributed by atoms with Crippen LogP contribution >= 0.6 is 0 Å². The molecule has 1 amide bonds. The van der Waals surface area contributed by atoms with E-state index in [0.717, 1.165) is 0 Å². The van der Waals surface area contributed by atoms with Crippen molar-refractivity contribution in [3.05, 3.63) is 64.2 Å². The van der Waals surface area contributed by atoms with Crippen LogP contribution in [0.1, 0.15) is 0 Å². The van der Waals surface area contributed by atoms with Crippen molar-refractivity contribution >= 4 is 17.5 Å². The lowest BCUT2D eigenvalue weighted by atomic mass is 10.2. The van der Waals surface area contributed by atoms with E-state index in [-0.39, 0.29) is 5.75 Å². The molecule has 2 aromatic rings. The Morgan fingerprint density at radius 3 is 2.48 bits per heavy atom. The van der Waals surface area contributed by atoms with Crippen LogP contribution in [-0.2, 0) is 0 Å². The SMILES string of the molecule is O=C(Nc1c(F)cc(F)cc1[N+](=O)[O-])Oc1ccccc1. The normalized spacial score (nSPS) is 10.0. The van der Waals surface area contributed by atoms with Crippen molar-refractivity contribution in [3.63, 3.8) is 0 Å². The van der Waals surface area contributed by atoms with E-state index >= 15 is 0 Å². The van der Waals surface area contributed by atoms with Gasteiger partial charge in [-0.05, 0) is 12.1 Å². The number of ether oxygens (including phenoxy) is 1. The highest BCUT2D eigenvalue weighted by Gasteiger charge is 2.23. The van der Waals surface area contributed by atoms with Gasteiger partial charge in [-0.15, -0.1) is 0 Å². The van der Waals surface area contributed by atoms with Gasteiger partial charge in [-0.1, -0.05) is 18.2 Å². The summed E-state index contributed by atoms with van der Waals surface area (Å²) in [6.45, 7) is 0. The van der Waals surface area contributed by atoms with E-state index in [9.17, 15) is 23.7 Å². The highest BCUT2D eigenvalue weighted by molar-refractivity contribution is 5.89. The first-order valence-corrected chi connectivity index (χ1v) is 5.64. The van der Waals surface area contributed by atoms with Crippen LogP contribution in [0.3, 0.4) is 0 Å². The van der Waals surface area contributed by atoms with Crippen molar-refractivity contribution in [2.45, 2.75) is 0 Å². The number of amides is 1. The van der Waals surface area contributed by atoms with Crippen molar-refractivity contribution in [1.82, 2.24) is 0 Å². The fourth-order valence-corrected chi connectivity index (χ4v) is 1.55. The molecule has 6 nitrogen and oxygen atoms in total. The number of nitro benzene ring substituents is 1. The monoisotopic (exact) mass is 294 g/mol. The van der Waals surface area contributed by atoms with Crippen molar-refractivity contribution < 1.29 is 23.2 Å². The topological polar surface area (TPSA) is 81.5 Å². The first-order valence-electron chi connectivity index (χ1n) is 5.64. The minimum Gasteiger partial charge on any atom is -0.410 e. The predicted molar refractivity (Wildman–Crippen MR) is 69.1 cm³/mol. The summed E-state index contributed by atoms with van der Waals surface area (Å²) in [5.41, 5.74) is -1.67. The molecule has 0 aromatic heterocycles. The number of hydrogen-bond acceptors (Lipinski definition) is 4. The first-order chi connectivity index (χ1) is 9.97. The fraction of sp³-hybridized carbons (Fsp3) is 0. The zero-order valence-corrected chi connectivity index (χ0v) is 10.4. The van der Waals surface area contributed by atoms with Crippen LogP contribution in [0.15, 0.2) is 42.5 Å². The molecule has 0 saturated heterocycles. The molecule has 0 unspecified atom stereocenters. The highest BCUT2D eigenvalue weighted by Crippen LogP contribution is 2.28. The van der Waals surface area contributed by atoms with Crippen LogP contribution in [0.4, 0.5) is 25.0 Å². The van der Waals surface area contributed by atoms with Crippen LogP contribution in [0.2, 0.25) is 0 Å². The summed E-state index contributed by atoms with van der Waals surface area (Å²) >= 11 is 0. The summed E-state index contributed by atoms with van der Waals surface area (Å²) in [6, 6.07) is 8.75. The van der Waals surface area contributed by atoms with Gasteiger partial charge in [0.1, 0.15) is 11.6 Å². The number of carbonyl (C=O) groups is 1. The number of nitrogens with one attached hydrogen (secondary N) is 1. The van der Waals surface area contributed by atoms with Crippen LogP contribution in [-0.4, -0.2) is 11.0 Å². The van der Waals surface area contributed by atoms with E-state index in [1.807, 2.05) is 5.32 Å². The second-order valence-electron chi connectivity index (χ2n) is 3.87. The van der Waals surface area contributed by atoms with Gasteiger partial charge < -0.3 is 4.74 Å². The lowest BCUT2D eigenvalue weighted by molar-refractivity contribution is -0.384. The average molecular weight is 294 g/mol. The number of rotatable bonds is 3. The Kier molecular flexibility index (Phi) is 4.07. The first kappa shape index (κ1) is 14.4. The maximum absolute atomic E-state index is 13.6. The molecule has 2 rings (SSSR count). The van der Waals surface area contributed by atoms with Gasteiger partial charge in [0.2, 0.25) is 0 Å². The Morgan fingerprint density at radius 1 is 1.19 bits per heavy atom. The van der Waals surface area contributed by atoms with Gasteiger partial charge in [0, 0.05) is 6.07 Å². The molecule has 8 heteroatoms. The average Bonchev–Trinajstić information content (AvgIpc) is 2.42. The minimum atomic E-state index is -1.27. The Balaban J connectivity index is 2.23. The molecule has 0 aliphatic heterocycles. The maximum atomic E-state index is 13.6. The standard InChI is InChI=1S/C13H8F2N2O4/c14-8-6-10(15)12(11(7-8)17(19)20)16-13(18)21-9-4-2-1-3-5-9/h1-7H,(H,16,18). The quantitative estimate of drug-likeness (QED) is 0.694. The zero-order valence-electron chi connectivity index (χ0n) is 10.4. The molecule has 0 radical (unpaired) electrons. The number of nitro groups is 1. The lowest BCUT2D eigenvalue weighted by Gasteiger charge is -2.08. The lowest BCUT2D eigenvalue weighted by Crippen LogP contribution is -2.18. The predicted octanol–water partition coefficient (Wildman–Crippen LogP) is 3.48. The molecule has 2 aromatic carbocycles. The van der Waals surface area contributed by atoms with E-state index in [1.165, 1.54) is 12.1 Å². The molecule has 108 valence electrons. The zero-order chi connectivity index (χ0) is 15.4. The molecule has 0 aliphatic carbocycles. The summed E-state index contributed by atoms with van der Waals surface area (Å²) in [7, 11) is 0. The Bertz CT molecular complexity index is 692. The molecule has 21 heavy (non-hydrogen) atoms. The molecule has 0 saturated carbocycles. The molecule has 0 spiro atoms. The van der Waals surface area contributed by atoms with Crippen LogP contribution in [0.25, 0.3) is 0 Å². The van der Waals surface area contributed by atoms with Gasteiger partial charge in [0.15, 0.2) is 11.5 Å². The summed E-state index contributed by atoms with van der Waals surface area (Å²) in [5.74, 6) is -2.23. The number of benzene rings is 2. The van der Waals surface area contributed by atoms with E-state index in [4.69, 9.17) is 4.74 Å². The van der Waals surface area contributed by atoms with Crippen LogP contribution in [0.5, 0.6) is 5.75 Å². The second-order valence-corrected chi connectivity index (χ2v) is 3.87. The largest absolute Gasteiger partial charge is 0.417 e. The number of nitrogens with zero attached hydrogens (tertiary/aromatic N) is 1. The van der Waals surface area contributed by atoms with Crippen LogP contribution < -0.4 is 10.1 Å². The molecule has 0 atom stereocenters. The molecule has 0 bridgehead atoms. The maximum Gasteiger partial charge on any atom is 0.417 e. The van der Waals surface area contributed by atoms with Gasteiger partial charge in [-0.2, -0.15) is 0 Å². The molecular weight excluding hydrogens is 286 g/mol. The van der Waals surface area contributed by atoms with E-state index in [0.29, 0.717) is 12.1 Å². The Labute approximate surface area is 117 Å². The third-order valence-electron chi connectivity index (χ3n) is 2.41. The number of halogens is 2. The molecule has 0 fully saturated rings. The van der Waals surface area contributed by atoms with Crippen molar-refractivity contribution in [3.8, 4) is 5.75 Å². The number of para-hydroxylation sites is 1. The number of hydrogen-bond donors (Lipinski definition) is 1. The van der Waals surface area contributed by atoms with Gasteiger partial charge in [-0.3, -0.25) is 15.4 Å². The third-order valence-corrected chi connectivity index (χ3v) is 2.41. The third kappa shape index (κ3) is 3.50.